The maximum Gasteiger partial charge on any atom is 0.237 e. The summed E-state index contributed by atoms with van der Waals surface area (Å²) in [6.45, 7) is 8.74. The summed E-state index contributed by atoms with van der Waals surface area (Å²) >= 11 is 0. The van der Waals surface area contributed by atoms with Gasteiger partial charge in [-0.15, -0.1) is 0 Å². The molecule has 7 heteroatoms. The molecule has 0 bridgehead atoms. The van der Waals surface area contributed by atoms with Crippen molar-refractivity contribution in [2.45, 2.75) is 77.6 Å². The molecule has 2 atom stereocenters. The minimum absolute atomic E-state index is 0.0403. The molecular formula is C18H31N5O2. The molecule has 1 aromatic heterocycles. The average Bonchev–Trinajstić information content (AvgIpc) is 2.92. The molecule has 1 saturated carbocycles. The highest BCUT2D eigenvalue weighted by molar-refractivity contribution is 5.81. The van der Waals surface area contributed by atoms with Crippen LogP contribution >= 0.6 is 0 Å². The Morgan fingerprint density at radius 1 is 1.32 bits per heavy atom. The van der Waals surface area contributed by atoms with Crippen LogP contribution in [-0.2, 0) is 16.1 Å². The van der Waals surface area contributed by atoms with Crippen molar-refractivity contribution in [3.63, 3.8) is 0 Å². The quantitative estimate of drug-likeness (QED) is 0.871. The number of hydrogen-bond donors (Lipinski definition) is 1. The zero-order chi connectivity index (χ0) is 17.8. The third kappa shape index (κ3) is 4.79. The minimum Gasteiger partial charge on any atom is -0.374 e. The summed E-state index contributed by atoms with van der Waals surface area (Å²) in [6, 6.07) is 0.244. The van der Waals surface area contributed by atoms with Crippen LogP contribution < -0.4 is 5.32 Å². The van der Waals surface area contributed by atoms with Gasteiger partial charge < -0.3 is 10.1 Å². The molecular weight excluding hydrogens is 318 g/mol. The van der Waals surface area contributed by atoms with Crippen molar-refractivity contribution < 1.29 is 9.53 Å². The fourth-order valence-electron chi connectivity index (χ4n) is 3.87. The lowest BCUT2D eigenvalue weighted by atomic mass is 9.95. The lowest BCUT2D eigenvalue weighted by Gasteiger charge is -2.37. The molecule has 2 aliphatic rings. The molecule has 2 fully saturated rings. The molecule has 25 heavy (non-hydrogen) atoms. The molecule has 7 nitrogen and oxygen atoms in total. The predicted octanol–water partition coefficient (Wildman–Crippen LogP) is 1.43. The Morgan fingerprint density at radius 2 is 2.08 bits per heavy atom. The zero-order valence-electron chi connectivity index (χ0n) is 15.7. The smallest absolute Gasteiger partial charge is 0.237 e. The van der Waals surface area contributed by atoms with E-state index in [1.807, 2.05) is 25.5 Å². The van der Waals surface area contributed by atoms with Gasteiger partial charge in [0.2, 0.25) is 5.91 Å². The van der Waals surface area contributed by atoms with E-state index in [1.54, 1.807) is 0 Å². The third-order valence-corrected chi connectivity index (χ3v) is 5.39. The normalized spacial score (nSPS) is 24.2. The number of amides is 1. The van der Waals surface area contributed by atoms with E-state index in [2.05, 4.69) is 20.3 Å². The minimum atomic E-state index is -0.119. The summed E-state index contributed by atoms with van der Waals surface area (Å²) in [5.41, 5.74) is 0. The molecule has 2 heterocycles. The molecule has 1 N–H and O–H groups in total. The van der Waals surface area contributed by atoms with E-state index in [-0.39, 0.29) is 18.1 Å². The molecule has 1 aromatic rings. The first-order chi connectivity index (χ1) is 12.0. The SMILES string of the molecule is Cc1nc(C)n(C[C@@H]2CN([C@H](C)C(=O)NC3CCCCC3)CCO2)n1. The fraction of sp³-hybridized carbons (Fsp3) is 0.833. The van der Waals surface area contributed by atoms with Crippen LogP contribution in [0.25, 0.3) is 0 Å². The molecule has 0 unspecified atom stereocenters. The molecule has 3 rings (SSSR count). The Hall–Kier alpha value is -1.47. The van der Waals surface area contributed by atoms with E-state index in [9.17, 15) is 4.79 Å². The number of carbonyl (C=O) groups is 1. The van der Waals surface area contributed by atoms with Crippen LogP contribution in [0.4, 0.5) is 0 Å². The summed E-state index contributed by atoms with van der Waals surface area (Å²) in [7, 11) is 0. The van der Waals surface area contributed by atoms with Gasteiger partial charge in [-0.05, 0) is 33.6 Å². The van der Waals surface area contributed by atoms with E-state index in [0.29, 0.717) is 19.2 Å². The van der Waals surface area contributed by atoms with Crippen molar-refractivity contribution >= 4 is 5.91 Å². The number of aryl methyl sites for hydroxylation is 2. The number of nitrogens with zero attached hydrogens (tertiary/aromatic N) is 4. The van der Waals surface area contributed by atoms with Gasteiger partial charge in [0.15, 0.2) is 0 Å². The van der Waals surface area contributed by atoms with Crippen LogP contribution in [0.3, 0.4) is 0 Å². The topological polar surface area (TPSA) is 72.3 Å². The Labute approximate surface area is 150 Å². The fourth-order valence-corrected chi connectivity index (χ4v) is 3.87. The van der Waals surface area contributed by atoms with Crippen LogP contribution in [0.1, 0.15) is 50.7 Å². The lowest BCUT2D eigenvalue weighted by molar-refractivity contribution is -0.130. The molecule has 0 radical (unpaired) electrons. The Morgan fingerprint density at radius 3 is 2.76 bits per heavy atom. The number of morpholine rings is 1. The maximum atomic E-state index is 12.6. The van der Waals surface area contributed by atoms with Crippen molar-refractivity contribution in [1.29, 1.82) is 0 Å². The van der Waals surface area contributed by atoms with Gasteiger partial charge >= 0.3 is 0 Å². The van der Waals surface area contributed by atoms with Crippen LogP contribution in [-0.4, -0.2) is 63.5 Å². The summed E-state index contributed by atoms with van der Waals surface area (Å²) in [4.78, 5) is 19.2. The standard InChI is InChI=1S/C18H31N5O2/c1-13(18(24)20-16-7-5-4-6-8-16)22-9-10-25-17(11-22)12-23-15(3)19-14(2)21-23/h13,16-17H,4-12H2,1-3H3,(H,20,24)/t13-,17+/m1/s1. The van der Waals surface area contributed by atoms with E-state index in [1.165, 1.54) is 19.3 Å². The number of nitrogens with one attached hydrogen (secondary N) is 1. The second kappa shape index (κ2) is 8.27. The second-order valence-corrected chi connectivity index (χ2v) is 7.40. The Kier molecular flexibility index (Phi) is 6.06. The molecule has 1 saturated heterocycles. The largest absolute Gasteiger partial charge is 0.374 e. The zero-order valence-corrected chi connectivity index (χ0v) is 15.7. The highest BCUT2D eigenvalue weighted by Crippen LogP contribution is 2.18. The van der Waals surface area contributed by atoms with Crippen LogP contribution in [0.15, 0.2) is 0 Å². The number of rotatable bonds is 5. The first kappa shape index (κ1) is 18.3. The van der Waals surface area contributed by atoms with Gasteiger partial charge in [-0.1, -0.05) is 19.3 Å². The van der Waals surface area contributed by atoms with Gasteiger partial charge in [0, 0.05) is 19.1 Å². The van der Waals surface area contributed by atoms with E-state index < -0.39 is 0 Å². The second-order valence-electron chi connectivity index (χ2n) is 7.40. The van der Waals surface area contributed by atoms with Gasteiger partial charge in [-0.3, -0.25) is 9.69 Å². The maximum absolute atomic E-state index is 12.6. The summed E-state index contributed by atoms with van der Waals surface area (Å²) in [5.74, 6) is 1.84. The van der Waals surface area contributed by atoms with Crippen molar-refractivity contribution in [1.82, 2.24) is 25.0 Å². The number of aromatic nitrogens is 3. The molecule has 1 aliphatic heterocycles. The van der Waals surface area contributed by atoms with Crippen molar-refractivity contribution in [3.8, 4) is 0 Å². The van der Waals surface area contributed by atoms with Crippen LogP contribution in [0.2, 0.25) is 0 Å². The van der Waals surface area contributed by atoms with Gasteiger partial charge in [0.05, 0.1) is 25.3 Å². The Balaban J connectivity index is 1.52. The first-order valence-corrected chi connectivity index (χ1v) is 9.57. The van der Waals surface area contributed by atoms with Gasteiger partial charge in [-0.25, -0.2) is 9.67 Å². The predicted molar refractivity (Wildman–Crippen MR) is 95.3 cm³/mol. The van der Waals surface area contributed by atoms with Crippen molar-refractivity contribution in [3.05, 3.63) is 11.6 Å². The summed E-state index contributed by atoms with van der Waals surface area (Å²) in [6.07, 6.45) is 6.04. The number of hydrogen-bond acceptors (Lipinski definition) is 5. The molecule has 0 aromatic carbocycles. The average molecular weight is 349 g/mol. The molecule has 1 amide bonds. The van der Waals surface area contributed by atoms with E-state index in [4.69, 9.17) is 4.74 Å². The van der Waals surface area contributed by atoms with Crippen LogP contribution in [0.5, 0.6) is 0 Å². The van der Waals surface area contributed by atoms with Gasteiger partial charge in [0.1, 0.15) is 11.6 Å². The highest BCUT2D eigenvalue weighted by Gasteiger charge is 2.29. The van der Waals surface area contributed by atoms with Crippen molar-refractivity contribution in [2.75, 3.05) is 19.7 Å². The molecule has 1 aliphatic carbocycles. The molecule has 0 spiro atoms. The van der Waals surface area contributed by atoms with Crippen LogP contribution in [0, 0.1) is 13.8 Å². The van der Waals surface area contributed by atoms with E-state index in [0.717, 1.165) is 37.6 Å². The van der Waals surface area contributed by atoms with E-state index >= 15 is 0 Å². The lowest BCUT2D eigenvalue weighted by Crippen LogP contribution is -2.54. The number of carbonyl (C=O) groups excluding carboxylic acids is 1. The van der Waals surface area contributed by atoms with Gasteiger partial charge in [-0.2, -0.15) is 5.10 Å². The summed E-state index contributed by atoms with van der Waals surface area (Å²) < 4.78 is 7.79. The molecule has 140 valence electrons. The third-order valence-electron chi connectivity index (χ3n) is 5.39. The Bertz CT molecular complexity index is 582. The van der Waals surface area contributed by atoms with Crippen molar-refractivity contribution in [2.24, 2.45) is 0 Å². The number of ether oxygens (including phenoxy) is 1. The van der Waals surface area contributed by atoms with Gasteiger partial charge in [0.25, 0.3) is 0 Å². The highest BCUT2D eigenvalue weighted by atomic mass is 16.5. The first-order valence-electron chi connectivity index (χ1n) is 9.57. The summed E-state index contributed by atoms with van der Waals surface area (Å²) in [5, 5.41) is 7.66. The monoisotopic (exact) mass is 349 g/mol.